The van der Waals surface area contributed by atoms with E-state index in [2.05, 4.69) is 10.6 Å². The molecule has 0 atom stereocenters. The average Bonchev–Trinajstić information content (AvgIpc) is 3.89. The van der Waals surface area contributed by atoms with Gasteiger partial charge in [-0.25, -0.2) is 17.9 Å². The number of para-hydroxylation sites is 2. The summed E-state index contributed by atoms with van der Waals surface area (Å²) in [5.41, 5.74) is 0.584. The molecule has 2 fully saturated rings. The lowest BCUT2D eigenvalue weighted by molar-refractivity contribution is -0.131. The fourth-order valence-electron chi connectivity index (χ4n) is 4.75. The SMILES string of the molecule is CC(C)S(=O)(=O)NC(=O)c1cccc(NC(=O)NC2C(=O)N(CC(=O)C3CC3)c3ccccc3N(CC(=O)C3CC3)C2=O)c1. The number of nitrogens with zero attached hydrogens (tertiary/aromatic N) is 2. The van der Waals surface area contributed by atoms with E-state index in [1.165, 1.54) is 47.9 Å². The molecule has 2 aromatic rings. The number of hydrogen-bond donors (Lipinski definition) is 3. The molecule has 2 aliphatic carbocycles. The molecule has 0 spiro atoms. The van der Waals surface area contributed by atoms with Gasteiger partial charge in [-0.15, -0.1) is 0 Å². The van der Waals surface area contributed by atoms with Gasteiger partial charge in [0.05, 0.1) is 29.7 Å². The van der Waals surface area contributed by atoms with Gasteiger partial charge in [-0.1, -0.05) is 18.2 Å². The standard InChI is InChI=1S/C30H33N5O8S/c1-17(2)44(42,43)33-27(38)20-6-5-7-21(14-20)31-30(41)32-26-28(39)34(15-24(36)18-10-11-18)22-8-3-4-9-23(22)35(29(26)40)16-25(37)19-12-13-19/h3-9,14,17-19,26H,10-13,15-16H2,1-2H3,(H,33,38)(H2,31,32,41). The molecule has 3 aliphatic rings. The number of benzene rings is 2. The first-order chi connectivity index (χ1) is 20.9. The zero-order chi connectivity index (χ0) is 31.8. The van der Waals surface area contributed by atoms with Gasteiger partial charge in [-0.3, -0.25) is 24.0 Å². The number of rotatable bonds is 11. The van der Waals surface area contributed by atoms with Crippen LogP contribution in [0.2, 0.25) is 0 Å². The smallest absolute Gasteiger partial charge is 0.318 e. The first kappa shape index (κ1) is 30.9. The lowest BCUT2D eigenvalue weighted by Crippen LogP contribution is -2.57. The second kappa shape index (κ2) is 12.2. The molecule has 1 heterocycles. The number of carbonyl (C=O) groups excluding carboxylic acids is 6. The van der Waals surface area contributed by atoms with Crippen LogP contribution in [0.1, 0.15) is 49.9 Å². The number of Topliss-reactive ketones (excluding diaryl/α,β-unsaturated/α-hetero) is 2. The average molecular weight is 624 g/mol. The second-order valence-corrected chi connectivity index (χ2v) is 13.7. The lowest BCUT2D eigenvalue weighted by atomic mass is 10.1. The maximum absolute atomic E-state index is 13.9. The van der Waals surface area contributed by atoms with Crippen LogP contribution in [0.5, 0.6) is 0 Å². The highest BCUT2D eigenvalue weighted by molar-refractivity contribution is 7.90. The molecule has 0 unspecified atom stereocenters. The number of anilines is 3. The molecule has 44 heavy (non-hydrogen) atoms. The maximum atomic E-state index is 13.9. The number of urea groups is 1. The van der Waals surface area contributed by atoms with Crippen molar-refractivity contribution in [2.24, 2.45) is 11.8 Å². The van der Waals surface area contributed by atoms with Crippen LogP contribution < -0.4 is 25.2 Å². The molecular weight excluding hydrogens is 590 g/mol. The van der Waals surface area contributed by atoms with Gasteiger partial charge in [0.1, 0.15) is 0 Å². The van der Waals surface area contributed by atoms with E-state index >= 15 is 0 Å². The number of fused-ring (bicyclic) bond motifs is 1. The first-order valence-corrected chi connectivity index (χ1v) is 15.9. The Balaban J connectivity index is 1.39. The number of amides is 5. The van der Waals surface area contributed by atoms with Crippen LogP contribution in [0.25, 0.3) is 0 Å². The molecule has 5 rings (SSSR count). The Hall–Kier alpha value is -4.59. The Bertz CT molecular complexity index is 1580. The largest absolute Gasteiger partial charge is 0.320 e. The van der Waals surface area contributed by atoms with Crippen LogP contribution in [0.3, 0.4) is 0 Å². The number of ketones is 2. The van der Waals surface area contributed by atoms with Crippen molar-refractivity contribution in [2.45, 2.75) is 50.8 Å². The molecule has 2 aromatic carbocycles. The number of hydrogen-bond acceptors (Lipinski definition) is 8. The quantitative estimate of drug-likeness (QED) is 0.318. The Morgan fingerprint density at radius 3 is 1.82 bits per heavy atom. The van der Waals surface area contributed by atoms with Crippen molar-refractivity contribution < 1.29 is 37.2 Å². The van der Waals surface area contributed by atoms with Crippen LogP contribution in [0, 0.1) is 11.8 Å². The topological polar surface area (TPSA) is 179 Å². The van der Waals surface area contributed by atoms with Gasteiger partial charge in [-0.2, -0.15) is 0 Å². The summed E-state index contributed by atoms with van der Waals surface area (Å²) in [6.07, 6.45) is 2.87. The Morgan fingerprint density at radius 2 is 1.34 bits per heavy atom. The molecule has 0 bridgehead atoms. The molecular formula is C30H33N5O8S. The normalized spacial score (nSPS) is 17.2. The maximum Gasteiger partial charge on any atom is 0.320 e. The van der Waals surface area contributed by atoms with Gasteiger partial charge in [0.15, 0.2) is 17.6 Å². The summed E-state index contributed by atoms with van der Waals surface area (Å²) in [6, 6.07) is 9.18. The van der Waals surface area contributed by atoms with E-state index in [0.29, 0.717) is 25.7 Å². The van der Waals surface area contributed by atoms with Crippen molar-refractivity contribution in [3.8, 4) is 0 Å². The van der Waals surface area contributed by atoms with Crippen LogP contribution >= 0.6 is 0 Å². The zero-order valence-corrected chi connectivity index (χ0v) is 25.1. The minimum atomic E-state index is -3.90. The molecule has 13 nitrogen and oxygen atoms in total. The summed E-state index contributed by atoms with van der Waals surface area (Å²) < 4.78 is 26.2. The van der Waals surface area contributed by atoms with E-state index in [0.717, 1.165) is 0 Å². The second-order valence-electron chi connectivity index (χ2n) is 11.5. The van der Waals surface area contributed by atoms with Crippen molar-refractivity contribution >= 4 is 62.4 Å². The summed E-state index contributed by atoms with van der Waals surface area (Å²) in [4.78, 5) is 81.5. The minimum absolute atomic E-state index is 0.0568. The van der Waals surface area contributed by atoms with Crippen molar-refractivity contribution in [1.82, 2.24) is 10.0 Å². The molecule has 5 amide bonds. The van der Waals surface area contributed by atoms with Gasteiger partial charge in [0.2, 0.25) is 10.0 Å². The molecule has 232 valence electrons. The zero-order valence-electron chi connectivity index (χ0n) is 24.2. The van der Waals surface area contributed by atoms with Crippen LogP contribution in [-0.4, -0.2) is 68.1 Å². The Kier molecular flexibility index (Phi) is 8.55. The van der Waals surface area contributed by atoms with Gasteiger partial charge in [0, 0.05) is 23.1 Å². The summed E-state index contributed by atoms with van der Waals surface area (Å²) >= 11 is 0. The number of sulfonamides is 1. The van der Waals surface area contributed by atoms with Gasteiger partial charge in [0.25, 0.3) is 17.7 Å². The molecule has 2 saturated carbocycles. The van der Waals surface area contributed by atoms with E-state index in [1.807, 2.05) is 4.72 Å². The summed E-state index contributed by atoms with van der Waals surface area (Å²) in [7, 11) is -3.90. The summed E-state index contributed by atoms with van der Waals surface area (Å²) in [5.74, 6) is -3.24. The van der Waals surface area contributed by atoms with Crippen molar-refractivity contribution in [3.63, 3.8) is 0 Å². The Labute approximate surface area is 254 Å². The highest BCUT2D eigenvalue weighted by Gasteiger charge is 2.44. The van der Waals surface area contributed by atoms with Crippen molar-refractivity contribution in [3.05, 3.63) is 54.1 Å². The van der Waals surface area contributed by atoms with Crippen LogP contribution in [0.15, 0.2) is 48.5 Å². The monoisotopic (exact) mass is 623 g/mol. The fourth-order valence-corrected chi connectivity index (χ4v) is 5.36. The van der Waals surface area contributed by atoms with Crippen LogP contribution in [-0.2, 0) is 29.2 Å². The third kappa shape index (κ3) is 6.80. The van der Waals surface area contributed by atoms with Crippen molar-refractivity contribution in [2.75, 3.05) is 28.2 Å². The Morgan fingerprint density at radius 1 is 0.818 bits per heavy atom. The fraction of sp³-hybridized carbons (Fsp3) is 0.400. The van der Waals surface area contributed by atoms with E-state index in [4.69, 9.17) is 0 Å². The molecule has 0 saturated heterocycles. The number of nitrogens with one attached hydrogen (secondary N) is 3. The summed E-state index contributed by atoms with van der Waals surface area (Å²) in [5, 5.41) is 4.00. The lowest BCUT2D eigenvalue weighted by Gasteiger charge is -2.24. The predicted octanol–water partition coefficient (Wildman–Crippen LogP) is 1.98. The molecule has 14 heteroatoms. The molecule has 0 radical (unpaired) electrons. The highest BCUT2D eigenvalue weighted by Crippen LogP contribution is 2.37. The molecule has 1 aliphatic heterocycles. The third-order valence-electron chi connectivity index (χ3n) is 7.70. The third-order valence-corrected chi connectivity index (χ3v) is 9.41. The van der Waals surface area contributed by atoms with Gasteiger partial charge >= 0.3 is 6.03 Å². The van der Waals surface area contributed by atoms with Crippen molar-refractivity contribution in [1.29, 1.82) is 0 Å². The van der Waals surface area contributed by atoms with E-state index in [1.54, 1.807) is 24.3 Å². The van der Waals surface area contributed by atoms with Gasteiger partial charge in [-0.05, 0) is 69.9 Å². The predicted molar refractivity (Wildman–Crippen MR) is 161 cm³/mol. The molecule has 3 N–H and O–H groups in total. The van der Waals surface area contributed by atoms with E-state index in [-0.39, 0.29) is 59.1 Å². The van der Waals surface area contributed by atoms with E-state index in [9.17, 15) is 37.2 Å². The van der Waals surface area contributed by atoms with E-state index < -0.39 is 45.1 Å². The highest BCUT2D eigenvalue weighted by atomic mass is 32.2. The summed E-state index contributed by atoms with van der Waals surface area (Å²) in [6.45, 7) is 2.24. The minimum Gasteiger partial charge on any atom is -0.318 e. The molecule has 0 aromatic heterocycles. The van der Waals surface area contributed by atoms with Crippen LogP contribution in [0.4, 0.5) is 21.9 Å². The number of carbonyl (C=O) groups is 6. The first-order valence-electron chi connectivity index (χ1n) is 14.4. The van der Waals surface area contributed by atoms with Gasteiger partial charge < -0.3 is 20.4 Å².